The Labute approximate surface area is 119 Å². The lowest BCUT2D eigenvalue weighted by Gasteiger charge is -2.02. The topological polar surface area (TPSA) is 17.1 Å². The predicted molar refractivity (Wildman–Crippen MR) is 74.3 cm³/mol. The molecule has 1 heterocycles. The summed E-state index contributed by atoms with van der Waals surface area (Å²) < 4.78 is 14.5. The Balaban J connectivity index is 2.50. The Morgan fingerprint density at radius 2 is 1.94 bits per heavy atom. The Bertz CT molecular complexity index is 592. The van der Waals surface area contributed by atoms with E-state index in [-0.39, 0.29) is 5.78 Å². The normalized spacial score (nSPS) is 10.6. The van der Waals surface area contributed by atoms with Crippen LogP contribution in [0.3, 0.4) is 0 Å². The van der Waals surface area contributed by atoms with Crippen molar-refractivity contribution in [3.63, 3.8) is 0 Å². The highest BCUT2D eigenvalue weighted by atomic mass is 79.9. The molecule has 5 heteroatoms. The number of ketones is 1. The van der Waals surface area contributed by atoms with E-state index in [1.165, 1.54) is 29.5 Å². The van der Waals surface area contributed by atoms with Crippen molar-refractivity contribution >= 4 is 49.0 Å². The van der Waals surface area contributed by atoms with E-state index in [4.69, 9.17) is 0 Å². The molecule has 0 unspecified atom stereocenters. The summed E-state index contributed by atoms with van der Waals surface area (Å²) in [5.74, 6) is -0.595. The van der Waals surface area contributed by atoms with Gasteiger partial charge in [0.25, 0.3) is 0 Å². The van der Waals surface area contributed by atoms with Crippen molar-refractivity contribution in [2.45, 2.75) is 6.92 Å². The van der Waals surface area contributed by atoms with Crippen molar-refractivity contribution in [3.8, 4) is 0 Å². The third kappa shape index (κ3) is 2.67. The number of benzene rings is 1. The molecule has 17 heavy (non-hydrogen) atoms. The van der Waals surface area contributed by atoms with Crippen molar-refractivity contribution in [2.75, 3.05) is 0 Å². The number of rotatable bonds is 2. The van der Waals surface area contributed by atoms with Crippen LogP contribution < -0.4 is 0 Å². The fourth-order valence-electron chi connectivity index (χ4n) is 1.43. The van der Waals surface area contributed by atoms with Gasteiger partial charge in [-0.3, -0.25) is 4.79 Å². The molecule has 0 radical (unpaired) electrons. The van der Waals surface area contributed by atoms with Gasteiger partial charge < -0.3 is 0 Å². The molecule has 0 spiro atoms. The van der Waals surface area contributed by atoms with Crippen LogP contribution in [0.15, 0.2) is 33.2 Å². The molecule has 1 aromatic heterocycles. The quantitative estimate of drug-likeness (QED) is 0.676. The maximum absolute atomic E-state index is 13.1. The van der Waals surface area contributed by atoms with E-state index in [0.29, 0.717) is 14.9 Å². The summed E-state index contributed by atoms with van der Waals surface area (Å²) in [4.78, 5) is 13.9. The lowest BCUT2D eigenvalue weighted by molar-refractivity contribution is 0.104. The van der Waals surface area contributed by atoms with E-state index in [1.54, 1.807) is 0 Å². The number of halogens is 3. The van der Waals surface area contributed by atoms with E-state index >= 15 is 0 Å². The Morgan fingerprint density at radius 3 is 2.53 bits per heavy atom. The van der Waals surface area contributed by atoms with Crippen molar-refractivity contribution in [3.05, 3.63) is 54.3 Å². The lowest BCUT2D eigenvalue weighted by atomic mass is 10.1. The molecule has 0 aliphatic carbocycles. The predicted octanol–water partition coefficient (Wildman–Crippen LogP) is 4.95. The summed E-state index contributed by atoms with van der Waals surface area (Å²) >= 11 is 7.99. The molecule has 0 N–H and O–H groups in total. The Hall–Kier alpha value is -0.520. The number of carbonyl (C=O) groups excluding carboxylic acids is 1. The number of hydrogen-bond donors (Lipinski definition) is 0. The van der Waals surface area contributed by atoms with Gasteiger partial charge in [0.05, 0.1) is 4.88 Å². The summed E-state index contributed by atoms with van der Waals surface area (Å²) in [5, 5.41) is 0. The zero-order valence-corrected chi connectivity index (χ0v) is 12.7. The molecule has 0 atom stereocenters. The molecule has 1 aromatic carbocycles. The Morgan fingerprint density at radius 1 is 1.24 bits per heavy atom. The average Bonchev–Trinajstić information content (AvgIpc) is 2.60. The maximum atomic E-state index is 13.1. The lowest BCUT2D eigenvalue weighted by Crippen LogP contribution is -2.01. The molecule has 0 saturated carbocycles. The zero-order chi connectivity index (χ0) is 12.6. The van der Waals surface area contributed by atoms with Gasteiger partial charge in [0.2, 0.25) is 5.78 Å². The standard InChI is InChI=1S/C12H7Br2FOS/c1-6-4-10(14)12(17-6)11(16)8-5-7(15)2-3-9(8)13/h2-5H,1H3. The third-order valence-corrected chi connectivity index (χ3v) is 4.82. The monoisotopic (exact) mass is 376 g/mol. The molecular weight excluding hydrogens is 371 g/mol. The van der Waals surface area contributed by atoms with Crippen molar-refractivity contribution < 1.29 is 9.18 Å². The molecule has 0 aliphatic heterocycles. The molecule has 1 nitrogen and oxygen atoms in total. The minimum atomic E-state index is -0.416. The van der Waals surface area contributed by atoms with Crippen LogP contribution in [-0.2, 0) is 0 Å². The molecule has 0 amide bonds. The summed E-state index contributed by atoms with van der Waals surface area (Å²) in [7, 11) is 0. The first kappa shape index (κ1) is 12.9. The van der Waals surface area contributed by atoms with E-state index in [1.807, 2.05) is 13.0 Å². The van der Waals surface area contributed by atoms with Gasteiger partial charge in [0, 0.05) is 19.4 Å². The second kappa shape index (κ2) is 5.00. The average molecular weight is 378 g/mol. The second-order valence-corrected chi connectivity index (χ2v) is 6.45. The highest BCUT2D eigenvalue weighted by Gasteiger charge is 2.18. The highest BCUT2D eigenvalue weighted by Crippen LogP contribution is 2.31. The van der Waals surface area contributed by atoms with Gasteiger partial charge in [-0.2, -0.15) is 0 Å². The van der Waals surface area contributed by atoms with Crippen LogP contribution >= 0.6 is 43.2 Å². The van der Waals surface area contributed by atoms with Crippen LogP contribution in [0.2, 0.25) is 0 Å². The first-order valence-corrected chi connectivity index (χ1v) is 7.15. The third-order valence-electron chi connectivity index (χ3n) is 2.19. The van der Waals surface area contributed by atoms with E-state index in [2.05, 4.69) is 31.9 Å². The largest absolute Gasteiger partial charge is 0.288 e. The Kier molecular flexibility index (Phi) is 3.80. The minimum absolute atomic E-state index is 0.179. The highest BCUT2D eigenvalue weighted by molar-refractivity contribution is 9.11. The van der Waals surface area contributed by atoms with Crippen molar-refractivity contribution in [2.24, 2.45) is 0 Å². The molecular formula is C12H7Br2FOS. The fraction of sp³-hybridized carbons (Fsp3) is 0.0833. The van der Waals surface area contributed by atoms with Gasteiger partial charge >= 0.3 is 0 Å². The summed E-state index contributed by atoms with van der Waals surface area (Å²) in [5.41, 5.74) is 0.340. The molecule has 0 aliphatic rings. The number of thiophene rings is 1. The number of aryl methyl sites for hydroxylation is 1. The van der Waals surface area contributed by atoms with Crippen LogP contribution in [0.4, 0.5) is 4.39 Å². The van der Waals surface area contributed by atoms with Gasteiger partial charge in [0.15, 0.2) is 0 Å². The summed E-state index contributed by atoms with van der Waals surface area (Å²) in [6, 6.07) is 5.98. The molecule has 88 valence electrons. The number of carbonyl (C=O) groups is 1. The SMILES string of the molecule is Cc1cc(Br)c(C(=O)c2cc(F)ccc2Br)s1. The zero-order valence-electron chi connectivity index (χ0n) is 8.76. The molecule has 2 aromatic rings. The van der Waals surface area contributed by atoms with Gasteiger partial charge in [-0.05, 0) is 47.1 Å². The summed E-state index contributed by atoms with van der Waals surface area (Å²) in [6.45, 7) is 1.92. The van der Waals surface area contributed by atoms with E-state index in [9.17, 15) is 9.18 Å². The van der Waals surface area contributed by atoms with Gasteiger partial charge in [0.1, 0.15) is 5.82 Å². The molecule has 0 fully saturated rings. The van der Waals surface area contributed by atoms with Crippen LogP contribution in [-0.4, -0.2) is 5.78 Å². The van der Waals surface area contributed by atoms with E-state index < -0.39 is 5.82 Å². The van der Waals surface area contributed by atoms with Crippen LogP contribution in [0, 0.1) is 12.7 Å². The van der Waals surface area contributed by atoms with Gasteiger partial charge in [-0.1, -0.05) is 15.9 Å². The van der Waals surface area contributed by atoms with Crippen molar-refractivity contribution in [1.82, 2.24) is 0 Å². The fourth-order valence-corrected chi connectivity index (χ4v) is 3.63. The van der Waals surface area contributed by atoms with Gasteiger partial charge in [-0.25, -0.2) is 4.39 Å². The maximum Gasteiger partial charge on any atom is 0.205 e. The second-order valence-electron chi connectivity index (χ2n) is 3.49. The molecule has 2 rings (SSSR count). The van der Waals surface area contributed by atoms with Crippen LogP contribution in [0.1, 0.15) is 20.1 Å². The number of hydrogen-bond acceptors (Lipinski definition) is 2. The first-order chi connectivity index (χ1) is 7.99. The van der Waals surface area contributed by atoms with Crippen LogP contribution in [0.5, 0.6) is 0 Å². The first-order valence-electron chi connectivity index (χ1n) is 4.74. The minimum Gasteiger partial charge on any atom is -0.288 e. The van der Waals surface area contributed by atoms with Crippen molar-refractivity contribution in [1.29, 1.82) is 0 Å². The van der Waals surface area contributed by atoms with Crippen LogP contribution in [0.25, 0.3) is 0 Å². The van der Waals surface area contributed by atoms with E-state index in [0.717, 1.165) is 9.35 Å². The molecule has 0 saturated heterocycles. The summed E-state index contributed by atoms with van der Waals surface area (Å²) in [6.07, 6.45) is 0. The smallest absolute Gasteiger partial charge is 0.205 e. The van der Waals surface area contributed by atoms with Gasteiger partial charge in [-0.15, -0.1) is 11.3 Å². The molecule has 0 bridgehead atoms.